The summed E-state index contributed by atoms with van der Waals surface area (Å²) < 4.78 is 24.8. The van der Waals surface area contributed by atoms with Gasteiger partial charge in [-0.3, -0.25) is 14.5 Å². The Morgan fingerprint density at radius 2 is 1.60 bits per heavy atom. The van der Waals surface area contributed by atoms with Crippen molar-refractivity contribution >= 4 is 23.1 Å². The summed E-state index contributed by atoms with van der Waals surface area (Å²) in [6.45, 7) is 4.34. The highest BCUT2D eigenvalue weighted by Gasteiger charge is 2.47. The van der Waals surface area contributed by atoms with E-state index < -0.39 is 29.3 Å². The quantitative estimate of drug-likeness (QED) is 0.284. The summed E-state index contributed by atoms with van der Waals surface area (Å²) in [5.41, 5.74) is 0.811. The lowest BCUT2D eigenvalue weighted by molar-refractivity contribution is -0.132. The fourth-order valence-electron chi connectivity index (χ4n) is 4.05. The molecule has 4 rings (SSSR count). The van der Waals surface area contributed by atoms with E-state index in [1.54, 1.807) is 37.3 Å². The first-order valence-corrected chi connectivity index (χ1v) is 11.1. The largest absolute Gasteiger partial charge is 0.508 e. The maximum absolute atomic E-state index is 13.6. The van der Waals surface area contributed by atoms with Crippen LogP contribution < -0.4 is 14.4 Å². The Labute approximate surface area is 201 Å². The van der Waals surface area contributed by atoms with Crippen LogP contribution >= 0.6 is 0 Å². The number of carbonyl (C=O) groups excluding carboxylic acids is 2. The average Bonchev–Trinajstić information content (AvgIpc) is 3.11. The third-order valence-corrected chi connectivity index (χ3v) is 5.58. The number of phenolic OH excluding ortho intramolecular Hbond substituents is 1. The monoisotopic (exact) mass is 477 g/mol. The molecule has 1 heterocycles. The number of hydrogen-bond donors (Lipinski definition) is 2. The van der Waals surface area contributed by atoms with Crippen LogP contribution in [0, 0.1) is 5.82 Å². The van der Waals surface area contributed by atoms with Gasteiger partial charge in [-0.1, -0.05) is 12.1 Å². The van der Waals surface area contributed by atoms with Crippen molar-refractivity contribution in [2.24, 2.45) is 0 Å². The highest BCUT2D eigenvalue weighted by atomic mass is 19.1. The number of hydrogen-bond acceptors (Lipinski definition) is 6. The fourth-order valence-corrected chi connectivity index (χ4v) is 4.05. The molecule has 3 aromatic rings. The maximum Gasteiger partial charge on any atom is 0.300 e. The molecule has 1 fully saturated rings. The molecule has 0 bridgehead atoms. The summed E-state index contributed by atoms with van der Waals surface area (Å²) in [6.07, 6.45) is 0. The van der Waals surface area contributed by atoms with Crippen molar-refractivity contribution in [2.75, 3.05) is 18.1 Å². The number of Topliss-reactive ketones (excluding diaryl/α,β-unsaturated/α-hetero) is 1. The lowest BCUT2D eigenvalue weighted by Gasteiger charge is -2.25. The number of aromatic hydroxyl groups is 1. The van der Waals surface area contributed by atoms with E-state index in [4.69, 9.17) is 9.47 Å². The number of benzene rings is 3. The maximum atomic E-state index is 13.6. The number of aliphatic hydroxyl groups excluding tert-OH is 1. The normalized spacial score (nSPS) is 17.0. The molecule has 2 N–H and O–H groups in total. The van der Waals surface area contributed by atoms with Gasteiger partial charge in [-0.05, 0) is 67.9 Å². The van der Waals surface area contributed by atoms with Crippen LogP contribution in [0.4, 0.5) is 10.1 Å². The Morgan fingerprint density at radius 3 is 2.23 bits per heavy atom. The number of aliphatic hydroxyl groups is 1. The Balaban J connectivity index is 1.93. The highest BCUT2D eigenvalue weighted by molar-refractivity contribution is 6.51. The van der Waals surface area contributed by atoms with Gasteiger partial charge in [-0.25, -0.2) is 4.39 Å². The minimum absolute atomic E-state index is 0.00220. The van der Waals surface area contributed by atoms with Crippen molar-refractivity contribution in [3.05, 3.63) is 89.2 Å². The topological polar surface area (TPSA) is 96.3 Å². The summed E-state index contributed by atoms with van der Waals surface area (Å²) in [6, 6.07) is 14.9. The molecule has 1 saturated heterocycles. The van der Waals surface area contributed by atoms with E-state index in [9.17, 15) is 24.2 Å². The molecule has 35 heavy (non-hydrogen) atoms. The number of nitrogens with zero attached hydrogens (tertiary/aromatic N) is 1. The van der Waals surface area contributed by atoms with Gasteiger partial charge in [-0.2, -0.15) is 0 Å². The van der Waals surface area contributed by atoms with Gasteiger partial charge in [0, 0.05) is 11.8 Å². The van der Waals surface area contributed by atoms with Gasteiger partial charge in [0.15, 0.2) is 0 Å². The number of carbonyl (C=O) groups is 2. The minimum atomic E-state index is -1.03. The molecule has 180 valence electrons. The first kappa shape index (κ1) is 23.8. The predicted molar refractivity (Wildman–Crippen MR) is 128 cm³/mol. The van der Waals surface area contributed by atoms with Crippen LogP contribution in [0.2, 0.25) is 0 Å². The van der Waals surface area contributed by atoms with Gasteiger partial charge in [0.1, 0.15) is 28.8 Å². The van der Waals surface area contributed by atoms with Crippen molar-refractivity contribution in [1.29, 1.82) is 0 Å². The Morgan fingerprint density at radius 1 is 0.943 bits per heavy atom. The number of rotatable bonds is 7. The average molecular weight is 477 g/mol. The Hall–Kier alpha value is -4.33. The van der Waals surface area contributed by atoms with Crippen LogP contribution in [-0.2, 0) is 9.59 Å². The summed E-state index contributed by atoms with van der Waals surface area (Å²) in [7, 11) is 0. The van der Waals surface area contributed by atoms with Gasteiger partial charge in [-0.15, -0.1) is 0 Å². The lowest BCUT2D eigenvalue weighted by atomic mass is 9.94. The molecule has 7 nitrogen and oxygen atoms in total. The minimum Gasteiger partial charge on any atom is -0.508 e. The molecule has 0 aromatic heterocycles. The first-order chi connectivity index (χ1) is 16.8. The van der Waals surface area contributed by atoms with E-state index >= 15 is 0 Å². The van der Waals surface area contributed by atoms with E-state index in [1.165, 1.54) is 41.3 Å². The van der Waals surface area contributed by atoms with Crippen molar-refractivity contribution < 1.29 is 33.7 Å². The second kappa shape index (κ2) is 9.89. The van der Waals surface area contributed by atoms with Gasteiger partial charge in [0.25, 0.3) is 11.7 Å². The number of phenols is 1. The number of anilines is 1. The molecule has 0 saturated carbocycles. The molecule has 0 aliphatic carbocycles. The second-order valence-electron chi connectivity index (χ2n) is 7.76. The number of ether oxygens (including phenoxy) is 2. The van der Waals surface area contributed by atoms with Gasteiger partial charge < -0.3 is 19.7 Å². The molecule has 1 aliphatic rings. The third kappa shape index (κ3) is 4.55. The molecule has 0 spiro atoms. The van der Waals surface area contributed by atoms with Crippen LogP contribution in [0.15, 0.2) is 72.3 Å². The molecular formula is C27H24FNO6. The van der Waals surface area contributed by atoms with Crippen LogP contribution in [0.5, 0.6) is 17.2 Å². The van der Waals surface area contributed by atoms with Gasteiger partial charge in [0.2, 0.25) is 0 Å². The van der Waals surface area contributed by atoms with Crippen molar-refractivity contribution in [1.82, 2.24) is 0 Å². The van der Waals surface area contributed by atoms with Crippen molar-refractivity contribution in [3.63, 3.8) is 0 Å². The zero-order chi connectivity index (χ0) is 25.1. The van der Waals surface area contributed by atoms with E-state index in [0.29, 0.717) is 24.5 Å². The molecule has 3 aromatic carbocycles. The lowest BCUT2D eigenvalue weighted by Crippen LogP contribution is -2.29. The molecular weight excluding hydrogens is 453 g/mol. The van der Waals surface area contributed by atoms with Crippen LogP contribution in [0.25, 0.3) is 5.76 Å². The number of amides is 1. The molecule has 0 radical (unpaired) electrons. The molecule has 1 atom stereocenters. The number of ketones is 1. The van der Waals surface area contributed by atoms with Crippen LogP contribution in [0.3, 0.4) is 0 Å². The van der Waals surface area contributed by atoms with Gasteiger partial charge >= 0.3 is 0 Å². The molecule has 8 heteroatoms. The van der Waals surface area contributed by atoms with Crippen molar-refractivity contribution in [3.8, 4) is 17.2 Å². The molecule has 1 unspecified atom stereocenters. The zero-order valence-electron chi connectivity index (χ0n) is 19.2. The summed E-state index contributed by atoms with van der Waals surface area (Å²) in [5.74, 6) is -1.89. The number of halogens is 1. The van der Waals surface area contributed by atoms with Crippen LogP contribution in [0.1, 0.15) is 31.0 Å². The second-order valence-corrected chi connectivity index (χ2v) is 7.76. The summed E-state index contributed by atoms with van der Waals surface area (Å²) in [4.78, 5) is 27.6. The molecule has 1 aliphatic heterocycles. The third-order valence-electron chi connectivity index (χ3n) is 5.58. The SMILES string of the molecule is CCOc1ccc(/C(O)=C2/C(=O)C(=O)N(c3ccc(F)cc3)C2c2ccc(O)cc2)c(OCC)c1. The standard InChI is InChI=1S/C27H24FNO6/c1-3-34-20-13-14-21(22(15-20)35-4-2)25(31)23-24(16-5-11-19(30)12-6-16)29(27(33)26(23)32)18-9-7-17(28)8-10-18/h5-15,24,30-31H,3-4H2,1-2H3/b25-23-. The van der Waals surface area contributed by atoms with Crippen LogP contribution in [-0.4, -0.2) is 35.1 Å². The predicted octanol–water partition coefficient (Wildman–Crippen LogP) is 4.96. The zero-order valence-corrected chi connectivity index (χ0v) is 19.2. The Bertz CT molecular complexity index is 1280. The summed E-state index contributed by atoms with van der Waals surface area (Å²) in [5, 5.41) is 21.1. The van der Waals surface area contributed by atoms with Crippen molar-refractivity contribution in [2.45, 2.75) is 19.9 Å². The van der Waals surface area contributed by atoms with E-state index in [0.717, 1.165) is 0 Å². The van der Waals surface area contributed by atoms with Gasteiger partial charge in [0.05, 0.1) is 30.4 Å². The first-order valence-electron chi connectivity index (χ1n) is 11.1. The summed E-state index contributed by atoms with van der Waals surface area (Å²) >= 11 is 0. The van der Waals surface area contributed by atoms with E-state index in [1.807, 2.05) is 6.92 Å². The molecule has 1 amide bonds. The Kier molecular flexibility index (Phi) is 6.73. The van der Waals surface area contributed by atoms with E-state index in [2.05, 4.69) is 0 Å². The highest BCUT2D eigenvalue weighted by Crippen LogP contribution is 2.44. The van der Waals surface area contributed by atoms with E-state index in [-0.39, 0.29) is 28.3 Å². The smallest absolute Gasteiger partial charge is 0.300 e. The fraction of sp³-hybridized carbons (Fsp3) is 0.185.